The van der Waals surface area contributed by atoms with Crippen molar-refractivity contribution in [2.24, 2.45) is 0 Å². The number of cyclic esters (lactones) is 1. The third kappa shape index (κ3) is 1.68. The van der Waals surface area contributed by atoms with Gasteiger partial charge < -0.3 is 4.74 Å². The van der Waals surface area contributed by atoms with E-state index in [4.69, 9.17) is 27.9 Å². The second-order valence-electron chi connectivity index (χ2n) is 4.35. The molecule has 1 heterocycles. The normalized spacial score (nSPS) is 21.8. The molecule has 94 valence electrons. The van der Waals surface area contributed by atoms with Crippen LogP contribution in [-0.4, -0.2) is 12.0 Å². The van der Waals surface area contributed by atoms with E-state index >= 15 is 0 Å². The number of carbonyl (C=O) groups is 2. The number of ether oxygens (including phenoxy) is 1. The summed E-state index contributed by atoms with van der Waals surface area (Å²) in [6, 6.07) is 1.82. The maximum absolute atomic E-state index is 11.7. The van der Waals surface area contributed by atoms with E-state index in [1.807, 2.05) is 6.07 Å². The largest absolute Gasteiger partial charge is 0.431 e. The highest BCUT2D eigenvalue weighted by molar-refractivity contribution is 6.42. The monoisotopic (exact) mass is 285 g/mol. The number of halogens is 2. The summed E-state index contributed by atoms with van der Waals surface area (Å²) in [4.78, 5) is 22.8. The molecule has 1 N–H and O–H groups in total. The predicted molar refractivity (Wildman–Crippen MR) is 65.9 cm³/mol. The van der Waals surface area contributed by atoms with Crippen LogP contribution in [0.1, 0.15) is 29.2 Å². The number of alkyl carbamates (subject to hydrolysis) is 1. The standard InChI is InChI=1S/C12H9Cl2NO3/c13-7-4-5-2-1-3-6(5)8(9(7)14)10-11(16)15-12(17)18-10/h4,10H,1-3H2,(H,15,16,17). The van der Waals surface area contributed by atoms with Gasteiger partial charge in [0, 0.05) is 5.56 Å². The fraction of sp³-hybridized carbons (Fsp3) is 0.333. The Hall–Kier alpha value is -1.26. The summed E-state index contributed by atoms with van der Waals surface area (Å²) < 4.78 is 4.98. The summed E-state index contributed by atoms with van der Waals surface area (Å²) >= 11 is 12.2. The van der Waals surface area contributed by atoms with Gasteiger partial charge in [-0.15, -0.1) is 0 Å². The van der Waals surface area contributed by atoms with Gasteiger partial charge in [-0.2, -0.15) is 0 Å². The maximum atomic E-state index is 11.7. The third-order valence-electron chi connectivity index (χ3n) is 3.28. The number of fused-ring (bicyclic) bond motifs is 1. The number of hydrogen-bond acceptors (Lipinski definition) is 3. The van der Waals surface area contributed by atoms with E-state index in [0.717, 1.165) is 30.4 Å². The Bertz CT molecular complexity index is 571. The van der Waals surface area contributed by atoms with Gasteiger partial charge in [-0.3, -0.25) is 10.1 Å². The molecule has 1 fully saturated rings. The van der Waals surface area contributed by atoms with Crippen LogP contribution >= 0.6 is 23.2 Å². The van der Waals surface area contributed by atoms with Crippen molar-refractivity contribution in [2.45, 2.75) is 25.4 Å². The number of amides is 2. The fourth-order valence-electron chi connectivity index (χ4n) is 2.53. The number of carbonyl (C=O) groups excluding carboxylic acids is 2. The van der Waals surface area contributed by atoms with Crippen molar-refractivity contribution in [1.29, 1.82) is 0 Å². The highest BCUT2D eigenvalue weighted by Gasteiger charge is 2.38. The zero-order valence-electron chi connectivity index (χ0n) is 9.26. The lowest BCUT2D eigenvalue weighted by Gasteiger charge is -2.15. The lowest BCUT2D eigenvalue weighted by atomic mass is 9.98. The first-order chi connectivity index (χ1) is 8.58. The van der Waals surface area contributed by atoms with Crippen LogP contribution in [0.5, 0.6) is 0 Å². The van der Waals surface area contributed by atoms with Crippen LogP contribution in [-0.2, 0) is 22.4 Å². The van der Waals surface area contributed by atoms with Gasteiger partial charge in [0.1, 0.15) is 0 Å². The minimum atomic E-state index is -0.976. The average Bonchev–Trinajstić information content (AvgIpc) is 2.87. The van der Waals surface area contributed by atoms with Gasteiger partial charge >= 0.3 is 6.09 Å². The zero-order valence-corrected chi connectivity index (χ0v) is 10.8. The quantitative estimate of drug-likeness (QED) is 0.863. The van der Waals surface area contributed by atoms with Crippen LogP contribution in [0.25, 0.3) is 0 Å². The van der Waals surface area contributed by atoms with E-state index in [2.05, 4.69) is 5.32 Å². The first kappa shape index (κ1) is 11.8. The first-order valence-electron chi connectivity index (χ1n) is 5.59. The molecule has 0 radical (unpaired) electrons. The van der Waals surface area contributed by atoms with E-state index in [-0.39, 0.29) is 0 Å². The second-order valence-corrected chi connectivity index (χ2v) is 5.14. The molecule has 0 aromatic heterocycles. The molecule has 0 spiro atoms. The van der Waals surface area contributed by atoms with Crippen molar-refractivity contribution < 1.29 is 14.3 Å². The Morgan fingerprint density at radius 1 is 1.28 bits per heavy atom. The molecular weight excluding hydrogens is 277 g/mol. The number of hydrogen-bond donors (Lipinski definition) is 1. The fourth-order valence-corrected chi connectivity index (χ4v) is 3.03. The van der Waals surface area contributed by atoms with Gasteiger partial charge in [-0.25, -0.2) is 4.79 Å². The molecule has 3 rings (SSSR count). The summed E-state index contributed by atoms with van der Waals surface area (Å²) in [5, 5.41) is 2.79. The lowest BCUT2D eigenvalue weighted by molar-refractivity contribution is -0.123. The molecule has 1 unspecified atom stereocenters. The molecule has 1 aliphatic heterocycles. The molecule has 2 amide bonds. The van der Waals surface area contributed by atoms with Crippen LogP contribution < -0.4 is 5.32 Å². The van der Waals surface area contributed by atoms with Gasteiger partial charge in [-0.1, -0.05) is 23.2 Å². The summed E-state index contributed by atoms with van der Waals surface area (Å²) in [5.74, 6) is -0.488. The van der Waals surface area contributed by atoms with Crippen LogP contribution in [0.15, 0.2) is 6.07 Å². The molecular formula is C12H9Cl2NO3. The van der Waals surface area contributed by atoms with Crippen molar-refractivity contribution in [3.8, 4) is 0 Å². The van der Waals surface area contributed by atoms with Crippen molar-refractivity contribution in [1.82, 2.24) is 5.32 Å². The molecule has 1 saturated heterocycles. The van der Waals surface area contributed by atoms with Gasteiger partial charge in [0.2, 0.25) is 6.10 Å². The van der Waals surface area contributed by atoms with Gasteiger partial charge in [0.15, 0.2) is 0 Å². The third-order valence-corrected chi connectivity index (χ3v) is 4.09. The molecule has 6 heteroatoms. The number of aryl methyl sites for hydroxylation is 1. The molecule has 0 bridgehead atoms. The molecule has 1 aliphatic carbocycles. The predicted octanol–water partition coefficient (Wildman–Crippen LogP) is 2.79. The minimum Gasteiger partial charge on any atom is -0.431 e. The van der Waals surface area contributed by atoms with Crippen molar-refractivity contribution in [3.63, 3.8) is 0 Å². The highest BCUT2D eigenvalue weighted by atomic mass is 35.5. The SMILES string of the molecule is O=C1NC(=O)C(c2c(Cl)c(Cl)cc3c2CCC3)O1. The maximum Gasteiger partial charge on any atom is 0.415 e. The molecule has 1 aromatic rings. The molecule has 4 nitrogen and oxygen atoms in total. The van der Waals surface area contributed by atoms with Gasteiger partial charge in [-0.05, 0) is 36.5 Å². The number of nitrogens with one attached hydrogen (secondary N) is 1. The first-order valence-corrected chi connectivity index (χ1v) is 6.34. The average molecular weight is 286 g/mol. The minimum absolute atomic E-state index is 0.298. The van der Waals surface area contributed by atoms with E-state index in [0.29, 0.717) is 15.6 Å². The van der Waals surface area contributed by atoms with Crippen molar-refractivity contribution in [2.75, 3.05) is 0 Å². The van der Waals surface area contributed by atoms with Gasteiger partial charge in [0.25, 0.3) is 5.91 Å². The Morgan fingerprint density at radius 3 is 2.72 bits per heavy atom. The Labute approximate surface area is 113 Å². The van der Waals surface area contributed by atoms with Crippen molar-refractivity contribution >= 4 is 35.2 Å². The summed E-state index contributed by atoms with van der Waals surface area (Å²) in [5.41, 5.74) is 2.61. The second kappa shape index (κ2) is 4.14. The number of rotatable bonds is 1. The molecule has 1 atom stereocenters. The van der Waals surface area contributed by atoms with Crippen LogP contribution in [0.4, 0.5) is 4.79 Å². The van der Waals surface area contributed by atoms with E-state index in [9.17, 15) is 9.59 Å². The summed E-state index contributed by atoms with van der Waals surface area (Å²) in [7, 11) is 0. The van der Waals surface area contributed by atoms with E-state index in [1.165, 1.54) is 0 Å². The Kier molecular flexibility index (Phi) is 2.72. The van der Waals surface area contributed by atoms with Gasteiger partial charge in [0.05, 0.1) is 10.0 Å². The Morgan fingerprint density at radius 2 is 2.06 bits per heavy atom. The lowest BCUT2D eigenvalue weighted by Crippen LogP contribution is -2.21. The van der Waals surface area contributed by atoms with Crippen LogP contribution in [0.2, 0.25) is 10.0 Å². The molecule has 0 saturated carbocycles. The zero-order chi connectivity index (χ0) is 12.9. The van der Waals surface area contributed by atoms with Crippen molar-refractivity contribution in [3.05, 3.63) is 32.8 Å². The van der Waals surface area contributed by atoms with E-state index in [1.54, 1.807) is 0 Å². The smallest absolute Gasteiger partial charge is 0.415 e. The summed E-state index contributed by atoms with van der Waals surface area (Å²) in [6.07, 6.45) is 0.995. The Balaban J connectivity index is 2.17. The topological polar surface area (TPSA) is 55.4 Å². The van der Waals surface area contributed by atoms with Crippen LogP contribution in [0, 0.1) is 0 Å². The molecule has 18 heavy (non-hydrogen) atoms. The van der Waals surface area contributed by atoms with Crippen LogP contribution in [0.3, 0.4) is 0 Å². The summed E-state index contributed by atoms with van der Waals surface area (Å²) in [6.45, 7) is 0. The molecule has 2 aliphatic rings. The highest BCUT2D eigenvalue weighted by Crippen LogP contribution is 2.41. The van der Waals surface area contributed by atoms with E-state index < -0.39 is 18.1 Å². The molecule has 1 aromatic carbocycles. The number of benzene rings is 1. The number of imide groups is 1.